The van der Waals surface area contributed by atoms with Crippen LogP contribution in [-0.2, 0) is 19.0 Å². The van der Waals surface area contributed by atoms with Crippen molar-refractivity contribution in [3.8, 4) is 0 Å². The quantitative estimate of drug-likeness (QED) is 0.437. The normalized spacial score (nSPS) is 38.5. The van der Waals surface area contributed by atoms with Gasteiger partial charge in [0, 0.05) is 27.1 Å². The summed E-state index contributed by atoms with van der Waals surface area (Å²) in [5.41, 5.74) is 0. The van der Waals surface area contributed by atoms with Crippen molar-refractivity contribution in [1.29, 1.82) is 0 Å². The fourth-order valence-corrected chi connectivity index (χ4v) is 5.23. The molecule has 3 atom stereocenters. The number of methoxy groups -OCH3 is 2. The average Bonchev–Trinajstić information content (AvgIpc) is 2.67. The van der Waals surface area contributed by atoms with Gasteiger partial charge in [0.15, 0.2) is 0 Å². The van der Waals surface area contributed by atoms with E-state index in [4.69, 9.17) is 60.6 Å². The van der Waals surface area contributed by atoms with Crippen LogP contribution in [0.15, 0.2) is 10.1 Å². The minimum Gasteiger partial charge on any atom is -0.465 e. The molecule has 2 aliphatic rings. The highest BCUT2D eigenvalue weighted by atomic mass is 35.5. The monoisotopic (exact) mass is 362 g/mol. The average molecular weight is 364 g/mol. The highest BCUT2D eigenvalue weighted by Gasteiger charge is 2.80. The molecule has 1 fully saturated rings. The van der Waals surface area contributed by atoms with E-state index in [9.17, 15) is 4.79 Å². The highest BCUT2D eigenvalue weighted by Crippen LogP contribution is 2.71. The van der Waals surface area contributed by atoms with Crippen LogP contribution in [0.25, 0.3) is 0 Å². The molecule has 114 valence electrons. The van der Waals surface area contributed by atoms with Crippen molar-refractivity contribution >= 4 is 52.4 Å². The lowest BCUT2D eigenvalue weighted by molar-refractivity contribution is -0.219. The van der Waals surface area contributed by atoms with E-state index in [0.717, 1.165) is 0 Å². The molecule has 1 saturated carbocycles. The van der Waals surface area contributed by atoms with Crippen LogP contribution in [0, 0.1) is 5.92 Å². The fourth-order valence-electron chi connectivity index (χ4n) is 3.16. The van der Waals surface area contributed by atoms with Crippen molar-refractivity contribution in [1.82, 2.24) is 0 Å². The van der Waals surface area contributed by atoms with E-state index in [0.29, 0.717) is 6.42 Å². The van der Waals surface area contributed by atoms with Crippen LogP contribution >= 0.6 is 46.4 Å². The summed E-state index contributed by atoms with van der Waals surface area (Å²) < 4.78 is 16.0. The summed E-state index contributed by atoms with van der Waals surface area (Å²) in [6.45, 7) is 1.37. The summed E-state index contributed by atoms with van der Waals surface area (Å²) in [6, 6.07) is 0. The molecule has 0 saturated heterocycles. The maximum Gasteiger partial charge on any atom is 0.302 e. The lowest BCUT2D eigenvalue weighted by Crippen LogP contribution is -2.57. The minimum atomic E-state index is -1.41. The Morgan fingerprint density at radius 2 is 1.80 bits per heavy atom. The molecule has 8 heteroatoms. The summed E-state index contributed by atoms with van der Waals surface area (Å²) in [5, 5.41) is 0.376. The van der Waals surface area contributed by atoms with Crippen LogP contribution in [0.5, 0.6) is 0 Å². The number of carbonyl (C=O) groups is 1. The van der Waals surface area contributed by atoms with Crippen molar-refractivity contribution in [2.24, 2.45) is 5.92 Å². The summed E-state index contributed by atoms with van der Waals surface area (Å²) >= 11 is 25.8. The van der Waals surface area contributed by atoms with E-state index in [1.165, 1.54) is 21.1 Å². The largest absolute Gasteiger partial charge is 0.465 e. The SMILES string of the molecule is COC1(OC)[C@@]2(Cl)C[C@H](COC(C)=O)[C@]1(Cl)C(Cl)=C2Cl. The first-order valence-corrected chi connectivity index (χ1v) is 7.40. The van der Waals surface area contributed by atoms with E-state index in [2.05, 4.69) is 0 Å². The lowest BCUT2D eigenvalue weighted by atomic mass is 9.92. The molecule has 0 spiro atoms. The third kappa shape index (κ3) is 1.73. The maximum absolute atomic E-state index is 11.0. The van der Waals surface area contributed by atoms with E-state index < -0.39 is 21.5 Å². The Labute approximate surface area is 137 Å². The zero-order valence-electron chi connectivity index (χ0n) is 11.1. The predicted octanol–water partition coefficient (Wildman–Crippen LogP) is 3.22. The summed E-state index contributed by atoms with van der Waals surface area (Å²) in [4.78, 5) is 8.50. The predicted molar refractivity (Wildman–Crippen MR) is 77.4 cm³/mol. The topological polar surface area (TPSA) is 44.8 Å². The molecular weight excluding hydrogens is 350 g/mol. The molecule has 0 aromatic rings. The van der Waals surface area contributed by atoms with Gasteiger partial charge >= 0.3 is 5.97 Å². The molecule has 0 aromatic heterocycles. The maximum atomic E-state index is 11.0. The Hall–Kier alpha value is 0.290. The number of hydrogen-bond donors (Lipinski definition) is 0. The van der Waals surface area contributed by atoms with E-state index in [1.807, 2.05) is 0 Å². The Kier molecular flexibility index (Phi) is 4.32. The fraction of sp³-hybridized carbons (Fsp3) is 0.750. The van der Waals surface area contributed by atoms with Gasteiger partial charge in [-0.2, -0.15) is 0 Å². The van der Waals surface area contributed by atoms with Crippen LogP contribution in [0.2, 0.25) is 0 Å². The third-order valence-corrected chi connectivity index (χ3v) is 6.64. The number of fused-ring (bicyclic) bond motifs is 2. The molecule has 0 aliphatic heterocycles. The van der Waals surface area contributed by atoms with Crippen LogP contribution in [0.3, 0.4) is 0 Å². The summed E-state index contributed by atoms with van der Waals surface area (Å²) in [5.74, 6) is -2.20. The van der Waals surface area contributed by atoms with Gasteiger partial charge in [-0.15, -0.1) is 23.2 Å². The van der Waals surface area contributed by atoms with Crippen LogP contribution in [0.1, 0.15) is 13.3 Å². The van der Waals surface area contributed by atoms with Crippen LogP contribution in [-0.4, -0.2) is 42.3 Å². The number of esters is 1. The molecular formula is C12H14Cl4O4. The molecule has 0 aromatic carbocycles. The molecule has 2 aliphatic carbocycles. The second kappa shape index (κ2) is 5.18. The molecule has 0 radical (unpaired) electrons. The molecule has 0 amide bonds. The zero-order valence-corrected chi connectivity index (χ0v) is 14.2. The third-order valence-electron chi connectivity index (χ3n) is 4.01. The number of halogens is 4. The van der Waals surface area contributed by atoms with Crippen molar-refractivity contribution in [3.05, 3.63) is 10.1 Å². The molecule has 2 bridgehead atoms. The second-order valence-electron chi connectivity index (χ2n) is 4.87. The zero-order chi connectivity index (χ0) is 15.3. The minimum absolute atomic E-state index is 0.0577. The standard InChI is InChI=1S/C12H14Cl4O4/c1-6(17)20-5-7-4-10(15)8(13)9(14)11(7,16)12(10,18-2)19-3/h7H,4-5H2,1-3H3/t7-,10-,11+/m1/s1. The van der Waals surface area contributed by atoms with Gasteiger partial charge in [-0.1, -0.05) is 23.2 Å². The Morgan fingerprint density at radius 3 is 2.20 bits per heavy atom. The van der Waals surface area contributed by atoms with Crippen molar-refractivity contribution < 1.29 is 19.0 Å². The second-order valence-corrected chi connectivity index (χ2v) is 6.87. The first kappa shape index (κ1) is 16.7. The van der Waals surface area contributed by atoms with Gasteiger partial charge in [-0.05, 0) is 6.42 Å². The molecule has 0 N–H and O–H groups in total. The Morgan fingerprint density at radius 1 is 1.25 bits per heavy atom. The molecule has 4 nitrogen and oxygen atoms in total. The first-order chi connectivity index (χ1) is 9.21. The summed E-state index contributed by atoms with van der Waals surface area (Å²) in [6.07, 6.45) is 0.321. The van der Waals surface area contributed by atoms with Gasteiger partial charge in [0.25, 0.3) is 0 Å². The van der Waals surface area contributed by atoms with Gasteiger partial charge in [-0.25, -0.2) is 0 Å². The van der Waals surface area contributed by atoms with Crippen molar-refractivity contribution in [2.45, 2.75) is 28.9 Å². The van der Waals surface area contributed by atoms with Crippen molar-refractivity contribution in [2.75, 3.05) is 20.8 Å². The van der Waals surface area contributed by atoms with E-state index in [1.54, 1.807) is 0 Å². The molecule has 2 rings (SSSR count). The number of rotatable bonds is 4. The highest BCUT2D eigenvalue weighted by molar-refractivity contribution is 6.51. The molecule has 0 heterocycles. The number of hydrogen-bond acceptors (Lipinski definition) is 4. The smallest absolute Gasteiger partial charge is 0.302 e. The lowest BCUT2D eigenvalue weighted by Gasteiger charge is -2.41. The van der Waals surface area contributed by atoms with Gasteiger partial charge in [-0.3, -0.25) is 4.79 Å². The number of alkyl halides is 2. The van der Waals surface area contributed by atoms with Gasteiger partial charge < -0.3 is 14.2 Å². The first-order valence-electron chi connectivity index (χ1n) is 5.89. The van der Waals surface area contributed by atoms with Gasteiger partial charge in [0.2, 0.25) is 5.79 Å². The molecule has 0 unspecified atom stereocenters. The summed E-state index contributed by atoms with van der Waals surface area (Å²) in [7, 11) is 2.84. The van der Waals surface area contributed by atoms with Crippen LogP contribution < -0.4 is 0 Å². The van der Waals surface area contributed by atoms with E-state index >= 15 is 0 Å². The Bertz CT molecular complexity index is 476. The van der Waals surface area contributed by atoms with Gasteiger partial charge in [0.05, 0.1) is 16.7 Å². The number of ether oxygens (including phenoxy) is 3. The van der Waals surface area contributed by atoms with Crippen LogP contribution in [0.4, 0.5) is 0 Å². The molecule has 20 heavy (non-hydrogen) atoms. The number of carbonyl (C=O) groups excluding carboxylic acids is 1. The van der Waals surface area contributed by atoms with Gasteiger partial charge in [0.1, 0.15) is 9.75 Å². The Balaban J connectivity index is 2.48. The van der Waals surface area contributed by atoms with E-state index in [-0.39, 0.29) is 22.6 Å². The van der Waals surface area contributed by atoms with Crippen molar-refractivity contribution in [3.63, 3.8) is 0 Å².